The number of carbonyl (C=O) groups excluding carboxylic acids is 1. The molecule has 2 N–H and O–H groups in total. The van der Waals surface area contributed by atoms with Crippen molar-refractivity contribution >= 4 is 27.7 Å². The van der Waals surface area contributed by atoms with Crippen LogP contribution in [0.2, 0.25) is 0 Å². The summed E-state index contributed by atoms with van der Waals surface area (Å²) in [7, 11) is 1.83. The Morgan fingerprint density at radius 2 is 2.41 bits per heavy atom. The second-order valence-electron chi connectivity index (χ2n) is 3.86. The monoisotopic (exact) mass is 299 g/mol. The molecule has 2 atom stereocenters. The summed E-state index contributed by atoms with van der Waals surface area (Å²) in [6.07, 6.45) is 1.64. The second kappa shape index (κ2) is 5.57. The molecule has 1 aliphatic heterocycles. The van der Waals surface area contributed by atoms with Gasteiger partial charge in [-0.2, -0.15) is 0 Å². The molecule has 1 aromatic heterocycles. The Kier molecular flexibility index (Phi) is 4.09. The van der Waals surface area contributed by atoms with E-state index in [-0.39, 0.29) is 17.9 Å². The van der Waals surface area contributed by atoms with Gasteiger partial charge >= 0.3 is 0 Å². The molecule has 0 aromatic carbocycles. The number of halogens is 1. The molecule has 0 bridgehead atoms. The van der Waals surface area contributed by atoms with E-state index in [0.717, 1.165) is 4.47 Å². The van der Waals surface area contributed by atoms with Gasteiger partial charge in [0.15, 0.2) is 0 Å². The number of nitrogens with one attached hydrogen (secondary N) is 2. The van der Waals surface area contributed by atoms with E-state index in [0.29, 0.717) is 19.0 Å². The number of aromatic nitrogens is 1. The Hall–Kier alpha value is -0.980. The predicted octanol–water partition coefficient (Wildman–Crippen LogP) is 1.02. The van der Waals surface area contributed by atoms with Crippen LogP contribution in [0.15, 0.2) is 22.8 Å². The van der Waals surface area contributed by atoms with Crippen molar-refractivity contribution in [3.63, 3.8) is 0 Å². The first-order valence-electron chi connectivity index (χ1n) is 5.38. The predicted molar refractivity (Wildman–Crippen MR) is 67.7 cm³/mol. The van der Waals surface area contributed by atoms with Gasteiger partial charge < -0.3 is 15.4 Å². The first-order chi connectivity index (χ1) is 8.22. The summed E-state index contributed by atoms with van der Waals surface area (Å²) >= 11 is 3.34. The van der Waals surface area contributed by atoms with Crippen molar-refractivity contribution in [1.82, 2.24) is 10.3 Å². The molecule has 5 nitrogen and oxygen atoms in total. The summed E-state index contributed by atoms with van der Waals surface area (Å²) in [5.74, 6) is 0.300. The van der Waals surface area contributed by atoms with Gasteiger partial charge in [0.2, 0.25) is 5.91 Å². The highest BCUT2D eigenvalue weighted by Crippen LogP contribution is 2.21. The van der Waals surface area contributed by atoms with Crippen molar-refractivity contribution in [3.05, 3.63) is 22.8 Å². The lowest BCUT2D eigenvalue weighted by Crippen LogP contribution is -2.39. The van der Waals surface area contributed by atoms with Crippen molar-refractivity contribution in [2.24, 2.45) is 5.92 Å². The summed E-state index contributed by atoms with van der Waals surface area (Å²) in [6.45, 7) is 1.01. The van der Waals surface area contributed by atoms with Gasteiger partial charge in [0.05, 0.1) is 23.6 Å². The van der Waals surface area contributed by atoms with E-state index in [9.17, 15) is 4.79 Å². The largest absolute Gasteiger partial charge is 0.379 e. The van der Waals surface area contributed by atoms with Gasteiger partial charge in [-0.3, -0.25) is 4.79 Å². The van der Waals surface area contributed by atoms with Gasteiger partial charge in [-0.15, -0.1) is 0 Å². The molecule has 1 aromatic rings. The average Bonchev–Trinajstić information content (AvgIpc) is 2.80. The van der Waals surface area contributed by atoms with Crippen LogP contribution in [0.4, 0.5) is 5.82 Å². The van der Waals surface area contributed by atoms with Crippen LogP contribution in [0.1, 0.15) is 0 Å². The molecule has 2 unspecified atom stereocenters. The van der Waals surface area contributed by atoms with E-state index in [1.54, 1.807) is 12.3 Å². The van der Waals surface area contributed by atoms with Crippen molar-refractivity contribution < 1.29 is 9.53 Å². The molecule has 1 amide bonds. The number of hydrogen-bond donors (Lipinski definition) is 2. The van der Waals surface area contributed by atoms with Crippen LogP contribution in [0, 0.1) is 5.92 Å². The number of hydrogen-bond acceptors (Lipinski definition) is 4. The highest BCUT2D eigenvalue weighted by molar-refractivity contribution is 9.10. The molecule has 17 heavy (non-hydrogen) atoms. The maximum Gasteiger partial charge on any atom is 0.232 e. The summed E-state index contributed by atoms with van der Waals surface area (Å²) in [5.41, 5.74) is 0. The summed E-state index contributed by atoms with van der Waals surface area (Å²) < 4.78 is 6.07. The standard InChI is InChI=1S/C11H14BrN3O2/c1-13-9-6-17-5-7(9)11(16)15-10-8(12)3-2-4-14-10/h2-4,7,9,13H,5-6H2,1H3,(H,14,15,16). The zero-order valence-corrected chi connectivity index (χ0v) is 11.0. The maximum absolute atomic E-state index is 12.0. The minimum atomic E-state index is -0.172. The van der Waals surface area contributed by atoms with Gasteiger partial charge in [-0.25, -0.2) is 4.98 Å². The van der Waals surface area contributed by atoms with Gasteiger partial charge in [0, 0.05) is 12.2 Å². The number of anilines is 1. The number of rotatable bonds is 3. The maximum atomic E-state index is 12.0. The Bertz CT molecular complexity index is 413. The smallest absolute Gasteiger partial charge is 0.232 e. The van der Waals surface area contributed by atoms with E-state index in [4.69, 9.17) is 4.74 Å². The summed E-state index contributed by atoms with van der Waals surface area (Å²) in [6, 6.07) is 3.70. The molecular weight excluding hydrogens is 286 g/mol. The van der Waals surface area contributed by atoms with Crippen LogP contribution < -0.4 is 10.6 Å². The number of carbonyl (C=O) groups is 1. The lowest BCUT2D eigenvalue weighted by atomic mass is 10.0. The highest BCUT2D eigenvalue weighted by atomic mass is 79.9. The first-order valence-corrected chi connectivity index (χ1v) is 6.18. The summed E-state index contributed by atoms with van der Waals surface area (Å²) in [4.78, 5) is 16.1. The third-order valence-electron chi connectivity index (χ3n) is 2.79. The molecule has 2 rings (SSSR count). The van der Waals surface area contributed by atoms with Crippen LogP contribution in [-0.4, -0.2) is 37.2 Å². The number of pyridine rings is 1. The van der Waals surface area contributed by atoms with E-state index in [1.165, 1.54) is 0 Å². The molecule has 0 spiro atoms. The molecule has 2 heterocycles. The number of nitrogens with zero attached hydrogens (tertiary/aromatic N) is 1. The molecule has 1 fully saturated rings. The van der Waals surface area contributed by atoms with E-state index in [1.807, 2.05) is 13.1 Å². The van der Waals surface area contributed by atoms with Crippen LogP contribution in [0.3, 0.4) is 0 Å². The van der Waals surface area contributed by atoms with Crippen LogP contribution in [0.25, 0.3) is 0 Å². The fraction of sp³-hybridized carbons (Fsp3) is 0.455. The van der Waals surface area contributed by atoms with Crippen molar-refractivity contribution in [3.8, 4) is 0 Å². The molecular formula is C11H14BrN3O2. The number of ether oxygens (including phenoxy) is 1. The average molecular weight is 300 g/mol. The van der Waals surface area contributed by atoms with Gasteiger partial charge in [0.25, 0.3) is 0 Å². The van der Waals surface area contributed by atoms with Crippen molar-refractivity contribution in [1.29, 1.82) is 0 Å². The third kappa shape index (κ3) is 2.83. The topological polar surface area (TPSA) is 63.2 Å². The minimum absolute atomic E-state index is 0.0671. The molecule has 1 aliphatic rings. The Morgan fingerprint density at radius 3 is 3.12 bits per heavy atom. The number of amides is 1. The molecule has 0 aliphatic carbocycles. The van der Waals surface area contributed by atoms with Crippen molar-refractivity contribution in [2.45, 2.75) is 6.04 Å². The first kappa shape index (κ1) is 12.5. The van der Waals surface area contributed by atoms with Gasteiger partial charge in [0.1, 0.15) is 5.82 Å². The normalized spacial score (nSPS) is 23.6. The highest BCUT2D eigenvalue weighted by Gasteiger charge is 2.33. The zero-order chi connectivity index (χ0) is 12.3. The molecule has 6 heteroatoms. The summed E-state index contributed by atoms with van der Waals surface area (Å²) in [5, 5.41) is 5.88. The Balaban J connectivity index is 2.04. The van der Waals surface area contributed by atoms with Gasteiger partial charge in [-0.05, 0) is 35.1 Å². The lowest BCUT2D eigenvalue weighted by Gasteiger charge is -2.16. The lowest BCUT2D eigenvalue weighted by molar-refractivity contribution is -0.120. The molecule has 0 saturated carbocycles. The molecule has 1 saturated heterocycles. The van der Waals surface area contributed by atoms with Crippen LogP contribution in [0.5, 0.6) is 0 Å². The number of likely N-dealkylation sites (N-methyl/N-ethyl adjacent to an activating group) is 1. The second-order valence-corrected chi connectivity index (χ2v) is 4.72. The Labute approximate surface area is 108 Å². The fourth-order valence-corrected chi connectivity index (χ4v) is 2.14. The quantitative estimate of drug-likeness (QED) is 0.875. The fourth-order valence-electron chi connectivity index (χ4n) is 1.78. The SMILES string of the molecule is CNC1COCC1C(=O)Nc1ncccc1Br. The minimum Gasteiger partial charge on any atom is -0.379 e. The Morgan fingerprint density at radius 1 is 1.59 bits per heavy atom. The molecule has 92 valence electrons. The van der Waals surface area contributed by atoms with Gasteiger partial charge in [-0.1, -0.05) is 0 Å². The zero-order valence-electron chi connectivity index (χ0n) is 9.44. The van der Waals surface area contributed by atoms with Crippen molar-refractivity contribution in [2.75, 3.05) is 25.6 Å². The van der Waals surface area contributed by atoms with E-state index < -0.39 is 0 Å². The van der Waals surface area contributed by atoms with E-state index in [2.05, 4.69) is 31.5 Å². The molecule has 0 radical (unpaired) electrons. The van der Waals surface area contributed by atoms with Crippen LogP contribution >= 0.6 is 15.9 Å². The van der Waals surface area contributed by atoms with E-state index >= 15 is 0 Å². The third-order valence-corrected chi connectivity index (χ3v) is 3.43. The van der Waals surface area contributed by atoms with Crippen LogP contribution in [-0.2, 0) is 9.53 Å².